The van der Waals surface area contributed by atoms with Crippen molar-refractivity contribution in [3.8, 4) is 0 Å². The second-order valence-electron chi connectivity index (χ2n) is 4.33. The van der Waals surface area contributed by atoms with Gasteiger partial charge in [-0.25, -0.2) is 4.79 Å². The van der Waals surface area contributed by atoms with Gasteiger partial charge in [0.2, 0.25) is 5.91 Å². The maximum absolute atomic E-state index is 11.9. The van der Waals surface area contributed by atoms with E-state index in [1.807, 2.05) is 18.4 Å². The van der Waals surface area contributed by atoms with Crippen LogP contribution in [0, 0.1) is 6.92 Å². The molecule has 1 aromatic heterocycles. The van der Waals surface area contributed by atoms with Crippen LogP contribution in [-0.2, 0) is 9.59 Å². The molecule has 1 saturated heterocycles. The first-order chi connectivity index (χ1) is 8.59. The van der Waals surface area contributed by atoms with Crippen molar-refractivity contribution in [2.45, 2.75) is 25.8 Å². The van der Waals surface area contributed by atoms with E-state index in [1.54, 1.807) is 17.4 Å². The zero-order valence-corrected chi connectivity index (χ0v) is 10.9. The number of amides is 1. The molecule has 1 aliphatic heterocycles. The summed E-state index contributed by atoms with van der Waals surface area (Å²) in [5, 5.41) is 11.0. The van der Waals surface area contributed by atoms with E-state index >= 15 is 0 Å². The fourth-order valence-corrected chi connectivity index (χ4v) is 2.90. The number of hydrogen-bond acceptors (Lipinski definition) is 3. The van der Waals surface area contributed by atoms with Crippen molar-refractivity contribution in [3.05, 3.63) is 28.0 Å². The molecule has 0 saturated carbocycles. The summed E-state index contributed by atoms with van der Waals surface area (Å²) >= 11 is 1.57. The predicted octanol–water partition coefficient (Wildman–Crippen LogP) is 2.15. The summed E-state index contributed by atoms with van der Waals surface area (Å²) in [6, 6.07) is 1.33. The second kappa shape index (κ2) is 5.35. The van der Waals surface area contributed by atoms with Crippen LogP contribution in [0.4, 0.5) is 0 Å². The standard InChI is InChI=1S/C13H15NO3S/c1-9-6-8-18-11(9)4-5-12(15)14-7-2-3-10(14)13(16)17/h4-6,8,10H,2-3,7H2,1H3,(H,16,17)/t10-/m1/s1. The van der Waals surface area contributed by atoms with Gasteiger partial charge in [-0.15, -0.1) is 11.3 Å². The summed E-state index contributed by atoms with van der Waals surface area (Å²) in [6.07, 6.45) is 4.54. The Morgan fingerprint density at radius 2 is 2.33 bits per heavy atom. The lowest BCUT2D eigenvalue weighted by atomic mass is 10.2. The van der Waals surface area contributed by atoms with Gasteiger partial charge in [0.1, 0.15) is 6.04 Å². The van der Waals surface area contributed by atoms with E-state index in [2.05, 4.69) is 0 Å². The van der Waals surface area contributed by atoms with Gasteiger partial charge < -0.3 is 10.0 Å². The fraction of sp³-hybridized carbons (Fsp3) is 0.385. The number of aryl methyl sites for hydroxylation is 1. The molecule has 0 aliphatic carbocycles. The summed E-state index contributed by atoms with van der Waals surface area (Å²) < 4.78 is 0. The number of hydrogen-bond donors (Lipinski definition) is 1. The van der Waals surface area contributed by atoms with Crippen LogP contribution in [0.15, 0.2) is 17.5 Å². The molecule has 1 aliphatic rings. The van der Waals surface area contributed by atoms with Gasteiger partial charge >= 0.3 is 5.97 Å². The lowest BCUT2D eigenvalue weighted by Gasteiger charge is -2.19. The van der Waals surface area contributed by atoms with Gasteiger partial charge in [0, 0.05) is 17.5 Å². The average Bonchev–Trinajstić information content (AvgIpc) is 2.94. The summed E-state index contributed by atoms with van der Waals surface area (Å²) in [6.45, 7) is 2.51. The van der Waals surface area contributed by atoms with Gasteiger partial charge in [-0.3, -0.25) is 4.79 Å². The van der Waals surface area contributed by atoms with Crippen molar-refractivity contribution in [1.82, 2.24) is 4.90 Å². The Hall–Kier alpha value is -1.62. The van der Waals surface area contributed by atoms with Gasteiger partial charge in [0.05, 0.1) is 0 Å². The van der Waals surface area contributed by atoms with E-state index in [4.69, 9.17) is 5.11 Å². The Kier molecular flexibility index (Phi) is 3.81. The zero-order chi connectivity index (χ0) is 13.1. The molecule has 5 heteroatoms. The SMILES string of the molecule is Cc1ccsc1C=CC(=O)N1CCC[C@@H]1C(=O)O. The van der Waals surface area contributed by atoms with Gasteiger partial charge in [-0.2, -0.15) is 0 Å². The number of thiophene rings is 1. The fourth-order valence-electron chi connectivity index (χ4n) is 2.09. The Morgan fingerprint density at radius 3 is 2.94 bits per heavy atom. The third-order valence-electron chi connectivity index (χ3n) is 3.10. The molecule has 1 amide bonds. The van der Waals surface area contributed by atoms with Gasteiger partial charge in [-0.1, -0.05) is 0 Å². The Bertz CT molecular complexity index is 492. The molecule has 18 heavy (non-hydrogen) atoms. The highest BCUT2D eigenvalue weighted by atomic mass is 32.1. The molecular weight excluding hydrogens is 250 g/mol. The molecule has 2 heterocycles. The van der Waals surface area contributed by atoms with Crippen molar-refractivity contribution >= 4 is 29.3 Å². The minimum absolute atomic E-state index is 0.215. The first kappa shape index (κ1) is 12.8. The molecule has 1 N–H and O–H groups in total. The van der Waals surface area contributed by atoms with Crippen LogP contribution < -0.4 is 0 Å². The molecule has 0 radical (unpaired) electrons. The molecule has 0 aromatic carbocycles. The van der Waals surface area contributed by atoms with Crippen LogP contribution in [0.3, 0.4) is 0 Å². The highest BCUT2D eigenvalue weighted by Crippen LogP contribution is 2.20. The first-order valence-corrected chi connectivity index (χ1v) is 6.73. The van der Waals surface area contributed by atoms with E-state index < -0.39 is 12.0 Å². The largest absolute Gasteiger partial charge is 0.480 e. The topological polar surface area (TPSA) is 57.6 Å². The maximum Gasteiger partial charge on any atom is 0.326 e. The number of carbonyl (C=O) groups is 2. The normalized spacial score (nSPS) is 19.6. The highest BCUT2D eigenvalue weighted by Gasteiger charge is 2.32. The van der Waals surface area contributed by atoms with Crippen molar-refractivity contribution in [2.24, 2.45) is 0 Å². The van der Waals surface area contributed by atoms with Crippen LogP contribution in [0.1, 0.15) is 23.3 Å². The number of rotatable bonds is 3. The number of carboxylic acid groups (broad SMARTS) is 1. The minimum atomic E-state index is -0.915. The van der Waals surface area contributed by atoms with Crippen LogP contribution >= 0.6 is 11.3 Å². The van der Waals surface area contributed by atoms with Gasteiger partial charge in [-0.05, 0) is 42.9 Å². The van der Waals surface area contributed by atoms with Crippen molar-refractivity contribution in [1.29, 1.82) is 0 Å². The summed E-state index contributed by atoms with van der Waals surface area (Å²) in [5.74, 6) is -1.13. The Balaban J connectivity index is 2.06. The zero-order valence-electron chi connectivity index (χ0n) is 10.1. The monoisotopic (exact) mass is 265 g/mol. The number of carbonyl (C=O) groups excluding carboxylic acids is 1. The Labute approximate surface area is 110 Å². The quantitative estimate of drug-likeness (QED) is 0.852. The van der Waals surface area contributed by atoms with Crippen molar-refractivity contribution < 1.29 is 14.7 Å². The number of carboxylic acids is 1. The summed E-state index contributed by atoms with van der Waals surface area (Å²) in [5.41, 5.74) is 1.13. The van der Waals surface area contributed by atoms with E-state index in [-0.39, 0.29) is 5.91 Å². The van der Waals surface area contributed by atoms with E-state index in [0.717, 1.165) is 16.9 Å². The summed E-state index contributed by atoms with van der Waals surface area (Å²) in [7, 11) is 0. The molecule has 1 fully saturated rings. The molecule has 0 spiro atoms. The summed E-state index contributed by atoms with van der Waals surface area (Å²) in [4.78, 5) is 25.4. The molecule has 96 valence electrons. The lowest BCUT2D eigenvalue weighted by molar-refractivity contribution is -0.146. The first-order valence-electron chi connectivity index (χ1n) is 5.85. The van der Waals surface area contributed by atoms with Crippen LogP contribution in [0.25, 0.3) is 6.08 Å². The smallest absolute Gasteiger partial charge is 0.326 e. The second-order valence-corrected chi connectivity index (χ2v) is 5.28. The highest BCUT2D eigenvalue weighted by molar-refractivity contribution is 7.11. The lowest BCUT2D eigenvalue weighted by Crippen LogP contribution is -2.39. The van der Waals surface area contributed by atoms with E-state index in [0.29, 0.717) is 13.0 Å². The van der Waals surface area contributed by atoms with Crippen LogP contribution in [0.5, 0.6) is 0 Å². The van der Waals surface area contributed by atoms with Crippen molar-refractivity contribution in [2.75, 3.05) is 6.54 Å². The van der Waals surface area contributed by atoms with Crippen LogP contribution in [0.2, 0.25) is 0 Å². The molecular formula is C13H15NO3S. The molecule has 1 atom stereocenters. The molecule has 1 aromatic rings. The van der Waals surface area contributed by atoms with Gasteiger partial charge in [0.15, 0.2) is 0 Å². The molecule has 0 bridgehead atoms. The average molecular weight is 265 g/mol. The van der Waals surface area contributed by atoms with Gasteiger partial charge in [0.25, 0.3) is 0 Å². The maximum atomic E-state index is 11.9. The number of likely N-dealkylation sites (tertiary alicyclic amines) is 1. The minimum Gasteiger partial charge on any atom is -0.480 e. The van der Waals surface area contributed by atoms with Crippen LogP contribution in [-0.4, -0.2) is 34.5 Å². The number of aliphatic carboxylic acids is 1. The van der Waals surface area contributed by atoms with E-state index in [1.165, 1.54) is 11.0 Å². The third-order valence-corrected chi connectivity index (χ3v) is 4.08. The Morgan fingerprint density at radius 1 is 1.56 bits per heavy atom. The number of nitrogens with zero attached hydrogens (tertiary/aromatic N) is 1. The molecule has 4 nitrogen and oxygen atoms in total. The van der Waals surface area contributed by atoms with Crippen molar-refractivity contribution in [3.63, 3.8) is 0 Å². The predicted molar refractivity (Wildman–Crippen MR) is 70.5 cm³/mol. The molecule has 2 rings (SSSR count). The third kappa shape index (κ3) is 2.61. The molecule has 0 unspecified atom stereocenters. The van der Waals surface area contributed by atoms with E-state index in [9.17, 15) is 9.59 Å².